The molecule has 0 aromatic heterocycles. The third kappa shape index (κ3) is 5.12. The molecule has 0 bridgehead atoms. The molecule has 7 nitrogen and oxygen atoms in total. The summed E-state index contributed by atoms with van der Waals surface area (Å²) in [4.78, 5) is 12.9. The zero-order chi connectivity index (χ0) is 23.4. The van der Waals surface area contributed by atoms with E-state index in [4.69, 9.17) is 14.2 Å². The van der Waals surface area contributed by atoms with Gasteiger partial charge in [0.2, 0.25) is 10.0 Å². The molecule has 3 aromatic carbocycles. The third-order valence-electron chi connectivity index (χ3n) is 5.80. The largest absolute Gasteiger partial charge is 0.497 e. The Hall–Kier alpha value is -3.10. The number of sulfonamides is 1. The number of piperidine rings is 1. The number of rotatable bonds is 7. The Balaban J connectivity index is 1.38. The molecule has 1 aliphatic rings. The van der Waals surface area contributed by atoms with Gasteiger partial charge in [-0.25, -0.2) is 8.42 Å². The van der Waals surface area contributed by atoms with Crippen LogP contribution in [0.4, 0.5) is 0 Å². The number of methoxy groups -OCH3 is 1. The number of hydrogen-bond acceptors (Lipinski definition) is 6. The fourth-order valence-electron chi connectivity index (χ4n) is 3.95. The van der Waals surface area contributed by atoms with Crippen LogP contribution in [-0.2, 0) is 14.8 Å². The molecule has 1 heterocycles. The molecule has 0 saturated carbocycles. The van der Waals surface area contributed by atoms with Crippen molar-refractivity contribution < 1.29 is 27.4 Å². The number of hydrogen-bond donors (Lipinski definition) is 0. The first-order valence-electron chi connectivity index (χ1n) is 10.9. The van der Waals surface area contributed by atoms with Crippen LogP contribution in [0, 0.1) is 5.92 Å². The van der Waals surface area contributed by atoms with Crippen LogP contribution in [0.2, 0.25) is 0 Å². The molecule has 33 heavy (non-hydrogen) atoms. The lowest BCUT2D eigenvalue weighted by atomic mass is 9.98. The zero-order valence-electron chi connectivity index (χ0n) is 18.7. The van der Waals surface area contributed by atoms with Crippen LogP contribution in [0.1, 0.15) is 19.8 Å². The first-order valence-corrected chi connectivity index (χ1v) is 12.4. The Kier molecular flexibility index (Phi) is 6.85. The van der Waals surface area contributed by atoms with Gasteiger partial charge in [0, 0.05) is 13.1 Å². The van der Waals surface area contributed by atoms with Gasteiger partial charge in [0.15, 0.2) is 0 Å². The second kappa shape index (κ2) is 9.80. The van der Waals surface area contributed by atoms with Gasteiger partial charge < -0.3 is 14.2 Å². The molecule has 0 amide bonds. The first-order chi connectivity index (χ1) is 15.9. The molecule has 0 spiro atoms. The van der Waals surface area contributed by atoms with Crippen LogP contribution in [0.25, 0.3) is 10.8 Å². The van der Waals surface area contributed by atoms with Gasteiger partial charge in [-0.3, -0.25) is 4.79 Å². The van der Waals surface area contributed by atoms with Crippen molar-refractivity contribution in [2.75, 3.05) is 26.8 Å². The van der Waals surface area contributed by atoms with Crippen LogP contribution in [0.5, 0.6) is 17.2 Å². The first kappa shape index (κ1) is 23.1. The average molecular weight is 470 g/mol. The van der Waals surface area contributed by atoms with Crippen LogP contribution in [0.15, 0.2) is 65.6 Å². The second-order valence-corrected chi connectivity index (χ2v) is 9.82. The van der Waals surface area contributed by atoms with E-state index in [2.05, 4.69) is 0 Å². The van der Waals surface area contributed by atoms with Gasteiger partial charge in [-0.1, -0.05) is 12.1 Å². The summed E-state index contributed by atoms with van der Waals surface area (Å²) in [6.07, 6.45) is 0.826. The maximum Gasteiger partial charge on any atom is 0.314 e. The summed E-state index contributed by atoms with van der Waals surface area (Å²) in [6.45, 7) is 2.93. The van der Waals surface area contributed by atoms with Crippen LogP contribution >= 0.6 is 0 Å². The molecule has 1 aliphatic heterocycles. The SMILES string of the molecule is CCOc1ccc(S(=O)(=O)N2CCC(C(=O)Oc3ccc4ccc(OC)cc4c3)CC2)cc1. The van der Waals surface area contributed by atoms with E-state index in [0.29, 0.717) is 30.9 Å². The number of ether oxygens (including phenoxy) is 3. The highest BCUT2D eigenvalue weighted by Crippen LogP contribution is 2.28. The van der Waals surface area contributed by atoms with Gasteiger partial charge in [-0.15, -0.1) is 0 Å². The molecule has 8 heteroatoms. The standard InChI is InChI=1S/C25H27NO6S/c1-3-31-21-8-10-24(11-9-21)33(28,29)26-14-12-19(13-15-26)25(27)32-23-7-5-18-4-6-22(30-2)16-20(18)17-23/h4-11,16-17,19H,3,12-15H2,1-2H3. The van der Waals surface area contributed by atoms with Gasteiger partial charge >= 0.3 is 5.97 Å². The minimum absolute atomic E-state index is 0.221. The number of carbonyl (C=O) groups is 1. The summed E-state index contributed by atoms with van der Waals surface area (Å²) >= 11 is 0. The summed E-state index contributed by atoms with van der Waals surface area (Å²) in [5, 5.41) is 1.93. The molecule has 3 aromatic rings. The van der Waals surface area contributed by atoms with Gasteiger partial charge in [0.25, 0.3) is 0 Å². The molecule has 0 unspecified atom stereocenters. The molecule has 0 aliphatic carbocycles. The lowest BCUT2D eigenvalue weighted by molar-refractivity contribution is -0.140. The summed E-state index contributed by atoms with van der Waals surface area (Å²) in [7, 11) is -2.01. The van der Waals surface area contributed by atoms with E-state index >= 15 is 0 Å². The quantitative estimate of drug-likeness (QED) is 0.380. The van der Waals surface area contributed by atoms with Crippen molar-refractivity contribution >= 4 is 26.8 Å². The predicted molar refractivity (Wildman–Crippen MR) is 125 cm³/mol. The molecule has 174 valence electrons. The van der Waals surface area contributed by atoms with Crippen molar-refractivity contribution in [3.8, 4) is 17.2 Å². The van der Waals surface area contributed by atoms with Crippen molar-refractivity contribution in [3.63, 3.8) is 0 Å². The van der Waals surface area contributed by atoms with E-state index in [1.807, 2.05) is 31.2 Å². The fraction of sp³-hybridized carbons (Fsp3) is 0.320. The normalized spacial score (nSPS) is 15.3. The lowest BCUT2D eigenvalue weighted by Crippen LogP contribution is -2.41. The summed E-state index contributed by atoms with van der Waals surface area (Å²) in [5.41, 5.74) is 0. The number of fused-ring (bicyclic) bond motifs is 1. The van der Waals surface area contributed by atoms with Crippen LogP contribution in [-0.4, -0.2) is 45.5 Å². The topological polar surface area (TPSA) is 82.1 Å². The Morgan fingerprint density at radius 2 is 1.52 bits per heavy atom. The van der Waals surface area contributed by atoms with E-state index in [1.165, 1.54) is 4.31 Å². The fourth-order valence-corrected chi connectivity index (χ4v) is 5.42. The minimum Gasteiger partial charge on any atom is -0.497 e. The van der Waals surface area contributed by atoms with Crippen molar-refractivity contribution in [2.24, 2.45) is 5.92 Å². The van der Waals surface area contributed by atoms with Crippen molar-refractivity contribution in [1.29, 1.82) is 0 Å². The highest BCUT2D eigenvalue weighted by Gasteiger charge is 2.33. The summed E-state index contributed by atoms with van der Waals surface area (Å²) in [6, 6.07) is 17.6. The van der Waals surface area contributed by atoms with Gasteiger partial charge in [-0.05, 0) is 79.1 Å². The van der Waals surface area contributed by atoms with Crippen molar-refractivity contribution in [1.82, 2.24) is 4.31 Å². The number of benzene rings is 3. The highest BCUT2D eigenvalue weighted by atomic mass is 32.2. The Labute approximate surface area is 193 Å². The number of esters is 1. The molecule has 0 atom stereocenters. The Morgan fingerprint density at radius 1 is 0.909 bits per heavy atom. The second-order valence-electron chi connectivity index (χ2n) is 7.88. The Bertz CT molecular complexity index is 1230. The zero-order valence-corrected chi connectivity index (χ0v) is 19.5. The monoisotopic (exact) mass is 469 g/mol. The molecule has 1 fully saturated rings. The minimum atomic E-state index is -3.62. The van der Waals surface area contributed by atoms with Crippen LogP contribution < -0.4 is 14.2 Å². The third-order valence-corrected chi connectivity index (χ3v) is 7.71. The number of carbonyl (C=O) groups excluding carboxylic acids is 1. The van der Waals surface area contributed by atoms with Crippen LogP contribution in [0.3, 0.4) is 0 Å². The van der Waals surface area contributed by atoms with Crippen molar-refractivity contribution in [2.45, 2.75) is 24.7 Å². The smallest absolute Gasteiger partial charge is 0.314 e. The lowest BCUT2D eigenvalue weighted by Gasteiger charge is -2.30. The van der Waals surface area contributed by atoms with Gasteiger partial charge in [-0.2, -0.15) is 4.31 Å². The molecule has 1 saturated heterocycles. The Morgan fingerprint density at radius 3 is 2.15 bits per heavy atom. The number of nitrogens with zero attached hydrogens (tertiary/aromatic N) is 1. The maximum atomic E-state index is 13.0. The van der Waals surface area contributed by atoms with Crippen molar-refractivity contribution in [3.05, 3.63) is 60.7 Å². The highest BCUT2D eigenvalue weighted by molar-refractivity contribution is 7.89. The summed E-state index contributed by atoms with van der Waals surface area (Å²) in [5.74, 6) is 1.13. The summed E-state index contributed by atoms with van der Waals surface area (Å²) < 4.78 is 43.6. The van der Waals surface area contributed by atoms with E-state index in [1.54, 1.807) is 43.5 Å². The van der Waals surface area contributed by atoms with E-state index in [0.717, 1.165) is 16.5 Å². The van der Waals surface area contributed by atoms with E-state index in [9.17, 15) is 13.2 Å². The molecule has 4 rings (SSSR count). The molecule has 0 N–H and O–H groups in total. The average Bonchev–Trinajstić information content (AvgIpc) is 2.84. The molecular formula is C25H27NO6S. The van der Waals surface area contributed by atoms with Gasteiger partial charge in [0.1, 0.15) is 17.2 Å². The maximum absolute atomic E-state index is 13.0. The predicted octanol–water partition coefficient (Wildman–Crippen LogP) is 4.25. The van der Waals surface area contributed by atoms with E-state index in [-0.39, 0.29) is 29.9 Å². The van der Waals surface area contributed by atoms with Gasteiger partial charge in [0.05, 0.1) is 24.5 Å². The molecular weight excluding hydrogens is 442 g/mol. The molecule has 0 radical (unpaired) electrons. The van der Waals surface area contributed by atoms with E-state index < -0.39 is 10.0 Å².